The van der Waals surface area contributed by atoms with E-state index < -0.39 is 10.0 Å². The summed E-state index contributed by atoms with van der Waals surface area (Å²) in [5, 5.41) is 3.30. The first kappa shape index (κ1) is 16.7. The molecule has 0 radical (unpaired) electrons. The predicted octanol–water partition coefficient (Wildman–Crippen LogP) is 0.929. The highest BCUT2D eigenvalue weighted by atomic mass is 32.2. The minimum Gasteiger partial charge on any atom is -0.397 e. The van der Waals surface area contributed by atoms with Crippen LogP contribution >= 0.6 is 0 Å². The number of sulfonamides is 1. The molecule has 0 aliphatic heterocycles. The molecule has 1 unspecified atom stereocenters. The quantitative estimate of drug-likeness (QED) is 0.652. The summed E-state index contributed by atoms with van der Waals surface area (Å²) in [6, 6.07) is 4.97. The van der Waals surface area contributed by atoms with Gasteiger partial charge in [-0.25, -0.2) is 13.1 Å². The monoisotopic (exact) mass is 300 g/mol. The molecule has 6 nitrogen and oxygen atoms in total. The fourth-order valence-corrected chi connectivity index (χ4v) is 2.51. The van der Waals surface area contributed by atoms with E-state index in [2.05, 4.69) is 21.9 Å². The Morgan fingerprint density at radius 2 is 2.00 bits per heavy atom. The third-order valence-electron chi connectivity index (χ3n) is 3.01. The first-order valence-electron chi connectivity index (χ1n) is 6.50. The van der Waals surface area contributed by atoms with Crippen LogP contribution in [0.25, 0.3) is 0 Å². The SMILES string of the molecule is CNS(=O)(=O)c1ccc(NC(C)CCN(C)C)c(N)c1. The van der Waals surface area contributed by atoms with Gasteiger partial charge in [0.2, 0.25) is 10.0 Å². The van der Waals surface area contributed by atoms with Gasteiger partial charge in [-0.2, -0.15) is 0 Å². The Morgan fingerprint density at radius 3 is 2.50 bits per heavy atom. The molecule has 7 heteroatoms. The highest BCUT2D eigenvalue weighted by Gasteiger charge is 2.13. The van der Waals surface area contributed by atoms with Crippen molar-refractivity contribution in [2.24, 2.45) is 0 Å². The molecule has 0 saturated carbocycles. The van der Waals surface area contributed by atoms with Crippen molar-refractivity contribution in [2.75, 3.05) is 38.7 Å². The van der Waals surface area contributed by atoms with Crippen LogP contribution in [0.1, 0.15) is 13.3 Å². The highest BCUT2D eigenvalue weighted by Crippen LogP contribution is 2.23. The van der Waals surface area contributed by atoms with E-state index in [1.165, 1.54) is 13.1 Å². The third-order valence-corrected chi connectivity index (χ3v) is 4.43. The Bertz CT molecular complexity index is 543. The number of nitrogen functional groups attached to an aromatic ring is 1. The lowest BCUT2D eigenvalue weighted by Gasteiger charge is -2.19. The van der Waals surface area contributed by atoms with Crippen LogP contribution in [0.15, 0.2) is 23.1 Å². The molecule has 0 heterocycles. The number of benzene rings is 1. The van der Waals surface area contributed by atoms with E-state index in [-0.39, 0.29) is 10.9 Å². The van der Waals surface area contributed by atoms with Gasteiger partial charge < -0.3 is 16.0 Å². The van der Waals surface area contributed by atoms with Crippen LogP contribution in [0.2, 0.25) is 0 Å². The Morgan fingerprint density at radius 1 is 1.35 bits per heavy atom. The maximum atomic E-state index is 11.7. The van der Waals surface area contributed by atoms with Gasteiger partial charge in [-0.15, -0.1) is 0 Å². The van der Waals surface area contributed by atoms with Gasteiger partial charge >= 0.3 is 0 Å². The van der Waals surface area contributed by atoms with Gasteiger partial charge in [0.15, 0.2) is 0 Å². The largest absolute Gasteiger partial charge is 0.397 e. The average Bonchev–Trinajstić information content (AvgIpc) is 2.38. The van der Waals surface area contributed by atoms with E-state index >= 15 is 0 Å². The Kier molecular flexibility index (Phi) is 5.79. The van der Waals surface area contributed by atoms with Gasteiger partial charge in [-0.3, -0.25) is 0 Å². The van der Waals surface area contributed by atoms with Gasteiger partial charge in [0, 0.05) is 6.04 Å². The molecule has 0 bridgehead atoms. The lowest BCUT2D eigenvalue weighted by molar-refractivity contribution is 0.390. The molecule has 1 aromatic rings. The number of nitrogens with two attached hydrogens (primary N) is 1. The fourth-order valence-electron chi connectivity index (χ4n) is 1.75. The molecule has 0 fully saturated rings. The molecule has 4 N–H and O–H groups in total. The van der Waals surface area contributed by atoms with Gasteiger partial charge in [0.1, 0.15) is 0 Å². The van der Waals surface area contributed by atoms with Crippen molar-refractivity contribution < 1.29 is 8.42 Å². The van der Waals surface area contributed by atoms with Crippen LogP contribution in [0.4, 0.5) is 11.4 Å². The summed E-state index contributed by atoms with van der Waals surface area (Å²) in [5.74, 6) is 0. The summed E-state index contributed by atoms with van der Waals surface area (Å²) in [6.07, 6.45) is 0.975. The van der Waals surface area contributed by atoms with E-state index in [9.17, 15) is 8.42 Å². The van der Waals surface area contributed by atoms with Crippen molar-refractivity contribution in [3.63, 3.8) is 0 Å². The minimum atomic E-state index is -3.45. The maximum absolute atomic E-state index is 11.7. The Balaban J connectivity index is 2.79. The molecule has 1 rings (SSSR count). The molecule has 114 valence electrons. The summed E-state index contributed by atoms with van der Waals surface area (Å²) < 4.78 is 25.6. The highest BCUT2D eigenvalue weighted by molar-refractivity contribution is 7.89. The Labute approximate surface area is 121 Å². The molecule has 1 aromatic carbocycles. The Hall–Kier alpha value is -1.31. The smallest absolute Gasteiger partial charge is 0.240 e. The zero-order chi connectivity index (χ0) is 15.3. The molecule has 0 saturated heterocycles. The summed E-state index contributed by atoms with van der Waals surface area (Å²) in [6.45, 7) is 3.04. The molecule has 0 spiro atoms. The lowest BCUT2D eigenvalue weighted by Crippen LogP contribution is -2.23. The first-order valence-corrected chi connectivity index (χ1v) is 7.99. The molecule has 0 aromatic heterocycles. The van der Waals surface area contributed by atoms with Crippen LogP contribution in [0.5, 0.6) is 0 Å². The molecule has 0 aliphatic rings. The van der Waals surface area contributed by atoms with Gasteiger partial charge in [-0.1, -0.05) is 0 Å². The average molecular weight is 300 g/mol. The van der Waals surface area contributed by atoms with Crippen molar-refractivity contribution >= 4 is 21.4 Å². The second-order valence-corrected chi connectivity index (χ2v) is 6.98. The maximum Gasteiger partial charge on any atom is 0.240 e. The second kappa shape index (κ2) is 6.92. The van der Waals surface area contributed by atoms with Crippen molar-refractivity contribution in [1.29, 1.82) is 0 Å². The number of rotatable bonds is 7. The van der Waals surface area contributed by atoms with Crippen molar-refractivity contribution in [3.05, 3.63) is 18.2 Å². The van der Waals surface area contributed by atoms with Gasteiger partial charge in [0.05, 0.1) is 16.3 Å². The molecule has 0 aliphatic carbocycles. The zero-order valence-electron chi connectivity index (χ0n) is 12.5. The molecular weight excluding hydrogens is 276 g/mol. The summed E-state index contributed by atoms with van der Waals surface area (Å²) in [7, 11) is 1.98. The molecular formula is C13H24N4O2S. The van der Waals surface area contributed by atoms with E-state index in [0.717, 1.165) is 18.7 Å². The van der Waals surface area contributed by atoms with Gasteiger partial charge in [0.25, 0.3) is 0 Å². The van der Waals surface area contributed by atoms with Gasteiger partial charge in [-0.05, 0) is 59.2 Å². The van der Waals surface area contributed by atoms with E-state index in [4.69, 9.17) is 5.73 Å². The van der Waals surface area contributed by atoms with E-state index in [1.54, 1.807) is 12.1 Å². The molecule has 20 heavy (non-hydrogen) atoms. The summed E-state index contributed by atoms with van der Waals surface area (Å²) >= 11 is 0. The van der Waals surface area contributed by atoms with Crippen LogP contribution in [-0.2, 0) is 10.0 Å². The van der Waals surface area contributed by atoms with Crippen molar-refractivity contribution in [3.8, 4) is 0 Å². The first-order chi connectivity index (χ1) is 9.26. The second-order valence-electron chi connectivity index (χ2n) is 5.09. The van der Waals surface area contributed by atoms with E-state index in [1.807, 2.05) is 14.1 Å². The van der Waals surface area contributed by atoms with Crippen LogP contribution in [0.3, 0.4) is 0 Å². The number of hydrogen-bond acceptors (Lipinski definition) is 5. The van der Waals surface area contributed by atoms with Crippen LogP contribution in [0, 0.1) is 0 Å². The standard InChI is InChI=1S/C13H24N4O2S/c1-10(7-8-17(3)4)16-13-6-5-11(9-12(13)14)20(18,19)15-2/h5-6,9-10,15-16H,7-8,14H2,1-4H3. The molecule has 1 atom stereocenters. The predicted molar refractivity (Wildman–Crippen MR) is 83.4 cm³/mol. The van der Waals surface area contributed by atoms with E-state index in [0.29, 0.717) is 5.69 Å². The van der Waals surface area contributed by atoms with Crippen molar-refractivity contribution in [1.82, 2.24) is 9.62 Å². The number of nitrogens with one attached hydrogen (secondary N) is 2. The summed E-state index contributed by atoms with van der Waals surface area (Å²) in [4.78, 5) is 2.29. The fraction of sp³-hybridized carbons (Fsp3) is 0.538. The number of hydrogen-bond donors (Lipinski definition) is 3. The summed E-state index contributed by atoms with van der Waals surface area (Å²) in [5.41, 5.74) is 7.10. The van der Waals surface area contributed by atoms with Crippen molar-refractivity contribution in [2.45, 2.75) is 24.3 Å². The van der Waals surface area contributed by atoms with Crippen LogP contribution < -0.4 is 15.8 Å². The molecule has 0 amide bonds. The van der Waals surface area contributed by atoms with Crippen LogP contribution in [-0.4, -0.2) is 47.0 Å². The lowest BCUT2D eigenvalue weighted by atomic mass is 10.2. The normalized spacial score (nSPS) is 13.4. The zero-order valence-corrected chi connectivity index (χ0v) is 13.3. The number of nitrogens with zero attached hydrogens (tertiary/aromatic N) is 1. The minimum absolute atomic E-state index is 0.170. The topological polar surface area (TPSA) is 87.5 Å². The number of anilines is 2. The third kappa shape index (κ3) is 4.66.